The number of hydrogen-bond acceptors (Lipinski definition) is 5. The number of ketones is 1. The van der Waals surface area contributed by atoms with Gasteiger partial charge in [-0.05, 0) is 60.9 Å². The molecule has 4 atom stereocenters. The molecular weight excluding hydrogens is 551 g/mol. The van der Waals surface area contributed by atoms with Gasteiger partial charge in [-0.15, -0.1) is 0 Å². The number of aliphatic hydroxyl groups excluding tert-OH is 1. The molecule has 204 valence electrons. The minimum atomic E-state index is -0.568. The molecule has 0 spiro atoms. The number of halogens is 2. The fourth-order valence-corrected chi connectivity index (χ4v) is 5.17. The number of hydrogen-bond donors (Lipinski definition) is 1. The number of esters is 1. The number of unbranched alkanes of at least 4 members (excludes halogenated alkanes) is 1. The molecule has 0 amide bonds. The molecule has 0 aromatic heterocycles. The molecule has 5 nitrogen and oxygen atoms in total. The van der Waals surface area contributed by atoms with E-state index in [-0.39, 0.29) is 41.9 Å². The Bertz CT molecular complexity index is 1110. The van der Waals surface area contributed by atoms with Gasteiger partial charge in [0, 0.05) is 29.7 Å². The Balaban J connectivity index is 1.64. The molecule has 1 aliphatic carbocycles. The Kier molecular flexibility index (Phi) is 12.4. The van der Waals surface area contributed by atoms with Crippen molar-refractivity contribution in [3.8, 4) is 0 Å². The average Bonchev–Trinajstić information content (AvgIpc) is 3.21. The lowest BCUT2D eigenvalue weighted by molar-refractivity contribution is -0.140. The van der Waals surface area contributed by atoms with Crippen LogP contribution < -0.4 is 0 Å². The second-order valence-corrected chi connectivity index (χ2v) is 10.4. The van der Waals surface area contributed by atoms with E-state index >= 15 is 0 Å². The predicted molar refractivity (Wildman–Crippen MR) is 149 cm³/mol. The Morgan fingerprint density at radius 1 is 1.08 bits per heavy atom. The number of methoxy groups -OCH3 is 1. The molecule has 4 unspecified atom stereocenters. The predicted octanol–water partition coefficient (Wildman–Crippen LogP) is 6.52. The molecule has 1 N–H and O–H groups in total. The van der Waals surface area contributed by atoms with Crippen LogP contribution in [-0.2, 0) is 32.1 Å². The molecule has 1 fully saturated rings. The first-order chi connectivity index (χ1) is 18.4. The van der Waals surface area contributed by atoms with E-state index in [9.17, 15) is 19.1 Å². The number of benzene rings is 2. The van der Waals surface area contributed by atoms with Gasteiger partial charge in [-0.25, -0.2) is 4.39 Å². The normalized spacial score (nSPS) is 21.4. The summed E-state index contributed by atoms with van der Waals surface area (Å²) in [6.45, 7) is 0.389. The topological polar surface area (TPSA) is 72.8 Å². The van der Waals surface area contributed by atoms with Crippen molar-refractivity contribution >= 4 is 27.7 Å². The maximum Gasteiger partial charge on any atom is 0.305 e. The fourth-order valence-electron chi connectivity index (χ4n) is 4.77. The van der Waals surface area contributed by atoms with Crippen molar-refractivity contribution in [2.45, 2.75) is 63.8 Å². The zero-order valence-electron chi connectivity index (χ0n) is 21.7. The summed E-state index contributed by atoms with van der Waals surface area (Å²) in [6.07, 6.45) is 10.1. The Morgan fingerprint density at radius 3 is 2.55 bits per heavy atom. The van der Waals surface area contributed by atoms with Gasteiger partial charge in [0.1, 0.15) is 5.82 Å². The smallest absolute Gasteiger partial charge is 0.305 e. The first-order valence-electron chi connectivity index (χ1n) is 13.1. The molecule has 38 heavy (non-hydrogen) atoms. The van der Waals surface area contributed by atoms with E-state index in [0.29, 0.717) is 44.3 Å². The zero-order valence-corrected chi connectivity index (χ0v) is 23.3. The standard InChI is InChI=1S/C31H36BrFO5/c1-37-31(36)15-5-3-2-4-12-25-26(19-18-24(34)17-16-22-10-7-9-14-28(22)33)30(20-29(25)35)38-21-23-11-6-8-13-27(23)32/h2,4,6-11,13-14,18-19,25-26,29-30,35H,3,5,12,15-17,20-21H2,1H3/b4-2+,19-18+. The highest BCUT2D eigenvalue weighted by Crippen LogP contribution is 2.39. The maximum atomic E-state index is 13.9. The molecule has 2 aromatic rings. The Labute approximate surface area is 232 Å². The van der Waals surface area contributed by atoms with Crippen LogP contribution in [0.1, 0.15) is 49.7 Å². The van der Waals surface area contributed by atoms with Crippen molar-refractivity contribution < 1.29 is 28.6 Å². The molecule has 0 radical (unpaired) electrons. The van der Waals surface area contributed by atoms with Gasteiger partial charge in [-0.2, -0.15) is 0 Å². The second kappa shape index (κ2) is 15.7. The van der Waals surface area contributed by atoms with Crippen LogP contribution >= 0.6 is 15.9 Å². The summed E-state index contributed by atoms with van der Waals surface area (Å²) in [6, 6.07) is 14.3. The van der Waals surface area contributed by atoms with Gasteiger partial charge in [-0.1, -0.05) is 70.6 Å². The van der Waals surface area contributed by atoms with Gasteiger partial charge in [0.05, 0.1) is 25.9 Å². The number of allylic oxidation sites excluding steroid dienone is 3. The first-order valence-corrected chi connectivity index (χ1v) is 13.9. The third-order valence-electron chi connectivity index (χ3n) is 6.96. The largest absolute Gasteiger partial charge is 0.469 e. The van der Waals surface area contributed by atoms with Crippen molar-refractivity contribution in [2.24, 2.45) is 11.8 Å². The van der Waals surface area contributed by atoms with E-state index in [2.05, 4.69) is 20.7 Å². The molecule has 2 aromatic carbocycles. The van der Waals surface area contributed by atoms with E-state index in [1.165, 1.54) is 13.2 Å². The summed E-state index contributed by atoms with van der Waals surface area (Å²) < 4.78 is 25.8. The van der Waals surface area contributed by atoms with E-state index in [1.807, 2.05) is 42.5 Å². The summed E-state index contributed by atoms with van der Waals surface area (Å²) in [7, 11) is 1.38. The van der Waals surface area contributed by atoms with Gasteiger partial charge in [0.15, 0.2) is 5.78 Å². The molecule has 0 bridgehead atoms. The SMILES string of the molecule is COC(=O)CCC/C=C/CC1C(O)CC(OCc2ccccc2Br)C1/C=C/C(=O)CCc1ccccc1F. The highest BCUT2D eigenvalue weighted by atomic mass is 79.9. The van der Waals surface area contributed by atoms with E-state index < -0.39 is 6.10 Å². The van der Waals surface area contributed by atoms with E-state index in [0.717, 1.165) is 16.5 Å². The zero-order chi connectivity index (χ0) is 27.3. The van der Waals surface area contributed by atoms with Crippen LogP contribution in [0, 0.1) is 17.7 Å². The minimum Gasteiger partial charge on any atom is -0.469 e. The number of ether oxygens (including phenoxy) is 2. The molecule has 1 aliphatic rings. The third-order valence-corrected chi connectivity index (χ3v) is 7.73. The lowest BCUT2D eigenvalue weighted by Gasteiger charge is -2.22. The lowest BCUT2D eigenvalue weighted by atomic mass is 9.89. The number of carbonyl (C=O) groups is 2. The molecule has 0 heterocycles. The lowest BCUT2D eigenvalue weighted by Crippen LogP contribution is -2.22. The van der Waals surface area contributed by atoms with Crippen molar-refractivity contribution in [3.63, 3.8) is 0 Å². The van der Waals surface area contributed by atoms with Crippen LogP contribution in [0.5, 0.6) is 0 Å². The molecule has 7 heteroatoms. The fraction of sp³-hybridized carbons (Fsp3) is 0.419. The summed E-state index contributed by atoms with van der Waals surface area (Å²) in [5.74, 6) is -0.866. The van der Waals surface area contributed by atoms with Crippen molar-refractivity contribution in [1.82, 2.24) is 0 Å². The van der Waals surface area contributed by atoms with Crippen LogP contribution in [0.2, 0.25) is 0 Å². The van der Waals surface area contributed by atoms with Gasteiger partial charge >= 0.3 is 5.97 Å². The van der Waals surface area contributed by atoms with Crippen molar-refractivity contribution in [1.29, 1.82) is 0 Å². The number of carbonyl (C=O) groups excluding carboxylic acids is 2. The highest BCUT2D eigenvalue weighted by Gasteiger charge is 2.41. The van der Waals surface area contributed by atoms with Gasteiger partial charge in [-0.3, -0.25) is 9.59 Å². The summed E-state index contributed by atoms with van der Waals surface area (Å²) in [5.41, 5.74) is 1.54. The summed E-state index contributed by atoms with van der Waals surface area (Å²) in [4.78, 5) is 23.9. The van der Waals surface area contributed by atoms with Crippen LogP contribution in [0.3, 0.4) is 0 Å². The Morgan fingerprint density at radius 2 is 1.82 bits per heavy atom. The van der Waals surface area contributed by atoms with E-state index in [4.69, 9.17) is 4.74 Å². The molecule has 0 aliphatic heterocycles. The molecular formula is C31H36BrFO5. The van der Waals surface area contributed by atoms with Crippen LogP contribution in [0.15, 0.2) is 77.3 Å². The molecule has 0 saturated heterocycles. The second-order valence-electron chi connectivity index (χ2n) is 9.58. The van der Waals surface area contributed by atoms with Gasteiger partial charge < -0.3 is 14.6 Å². The first kappa shape index (κ1) is 29.9. The number of aryl methyl sites for hydroxylation is 1. The van der Waals surface area contributed by atoms with Gasteiger partial charge in [0.25, 0.3) is 0 Å². The van der Waals surface area contributed by atoms with Gasteiger partial charge in [0.2, 0.25) is 0 Å². The molecule has 3 rings (SSSR count). The Hall–Kier alpha value is -2.61. The monoisotopic (exact) mass is 586 g/mol. The van der Waals surface area contributed by atoms with Crippen molar-refractivity contribution in [2.75, 3.05) is 7.11 Å². The summed E-state index contributed by atoms with van der Waals surface area (Å²) >= 11 is 3.55. The van der Waals surface area contributed by atoms with Crippen LogP contribution in [0.4, 0.5) is 4.39 Å². The number of rotatable bonds is 14. The van der Waals surface area contributed by atoms with Crippen LogP contribution in [0.25, 0.3) is 0 Å². The number of aliphatic hydroxyl groups is 1. The maximum absolute atomic E-state index is 13.9. The van der Waals surface area contributed by atoms with E-state index in [1.54, 1.807) is 24.3 Å². The molecule has 1 saturated carbocycles. The quantitative estimate of drug-likeness (QED) is 0.118. The minimum absolute atomic E-state index is 0.0868. The van der Waals surface area contributed by atoms with Crippen molar-refractivity contribution in [3.05, 3.63) is 94.3 Å². The summed E-state index contributed by atoms with van der Waals surface area (Å²) in [5, 5.41) is 10.9. The highest BCUT2D eigenvalue weighted by molar-refractivity contribution is 9.10. The van der Waals surface area contributed by atoms with Crippen LogP contribution in [-0.4, -0.2) is 36.2 Å². The average molecular weight is 588 g/mol. The third kappa shape index (κ3) is 9.29.